The second-order valence-corrected chi connectivity index (χ2v) is 5.68. The molecule has 0 aliphatic heterocycles. The van der Waals surface area contributed by atoms with Gasteiger partial charge >= 0.3 is 0 Å². The van der Waals surface area contributed by atoms with E-state index in [0.717, 1.165) is 5.56 Å². The SMILES string of the molecule is O=Nc1ccc(NC(=O)c2cccc(-c3ccccc3)c2O)c(Cl)c1. The largest absolute Gasteiger partial charge is 0.506 e. The Morgan fingerprint density at radius 3 is 2.44 bits per heavy atom. The summed E-state index contributed by atoms with van der Waals surface area (Å²) in [7, 11) is 0. The maximum absolute atomic E-state index is 12.5. The minimum atomic E-state index is -0.510. The van der Waals surface area contributed by atoms with Gasteiger partial charge in [-0.1, -0.05) is 54.1 Å². The molecule has 0 spiro atoms. The number of nitrogens with one attached hydrogen (secondary N) is 1. The molecule has 0 radical (unpaired) electrons. The van der Waals surface area contributed by atoms with Crippen LogP contribution in [0.15, 0.2) is 71.9 Å². The summed E-state index contributed by atoms with van der Waals surface area (Å²) in [6.45, 7) is 0. The Hall–Kier alpha value is -3.18. The molecule has 2 N–H and O–H groups in total. The van der Waals surface area contributed by atoms with Crippen molar-refractivity contribution in [1.29, 1.82) is 0 Å². The number of phenols is 1. The van der Waals surface area contributed by atoms with Gasteiger partial charge in [-0.05, 0) is 35.0 Å². The smallest absolute Gasteiger partial charge is 0.259 e. The summed E-state index contributed by atoms with van der Waals surface area (Å²) in [5.74, 6) is -0.627. The highest BCUT2D eigenvalue weighted by atomic mass is 35.5. The van der Waals surface area contributed by atoms with Crippen molar-refractivity contribution in [3.63, 3.8) is 0 Å². The molecular weight excluding hydrogens is 340 g/mol. The van der Waals surface area contributed by atoms with E-state index in [1.54, 1.807) is 12.1 Å². The summed E-state index contributed by atoms with van der Waals surface area (Å²) < 4.78 is 0. The Morgan fingerprint density at radius 1 is 1.00 bits per heavy atom. The second kappa shape index (κ2) is 7.15. The van der Waals surface area contributed by atoms with Crippen LogP contribution in [0.5, 0.6) is 5.75 Å². The molecule has 0 unspecified atom stereocenters. The first-order valence-corrected chi connectivity index (χ1v) is 7.79. The molecule has 0 saturated carbocycles. The number of rotatable bonds is 4. The molecule has 3 rings (SSSR count). The predicted molar refractivity (Wildman–Crippen MR) is 98.4 cm³/mol. The topological polar surface area (TPSA) is 78.8 Å². The number of benzene rings is 3. The lowest BCUT2D eigenvalue weighted by molar-refractivity contribution is 0.102. The van der Waals surface area contributed by atoms with Crippen molar-refractivity contribution in [2.45, 2.75) is 0 Å². The Labute approximate surface area is 148 Å². The number of phenolic OH excluding ortho intramolecular Hbond substituents is 1. The molecule has 0 heterocycles. The monoisotopic (exact) mass is 352 g/mol. The fraction of sp³-hybridized carbons (Fsp3) is 0. The lowest BCUT2D eigenvalue weighted by Gasteiger charge is -2.11. The van der Waals surface area contributed by atoms with Gasteiger partial charge in [0.05, 0.1) is 16.3 Å². The van der Waals surface area contributed by atoms with Crippen LogP contribution in [-0.4, -0.2) is 11.0 Å². The Balaban J connectivity index is 1.92. The molecule has 0 aliphatic carbocycles. The van der Waals surface area contributed by atoms with Gasteiger partial charge in [-0.25, -0.2) is 0 Å². The number of carbonyl (C=O) groups is 1. The zero-order valence-electron chi connectivity index (χ0n) is 12.9. The third-order valence-corrected chi connectivity index (χ3v) is 3.98. The van der Waals surface area contributed by atoms with Crippen molar-refractivity contribution in [2.75, 3.05) is 5.32 Å². The summed E-state index contributed by atoms with van der Waals surface area (Å²) >= 11 is 6.03. The van der Waals surface area contributed by atoms with E-state index < -0.39 is 5.91 Å². The number of anilines is 1. The molecule has 25 heavy (non-hydrogen) atoms. The van der Waals surface area contributed by atoms with Crippen molar-refractivity contribution in [3.05, 3.63) is 82.2 Å². The highest BCUT2D eigenvalue weighted by Gasteiger charge is 2.16. The van der Waals surface area contributed by atoms with Crippen LogP contribution in [0.25, 0.3) is 11.1 Å². The van der Waals surface area contributed by atoms with E-state index in [4.69, 9.17) is 11.6 Å². The average Bonchev–Trinajstić information content (AvgIpc) is 2.64. The third kappa shape index (κ3) is 3.51. The standard InChI is InChI=1S/C19H13ClN2O3/c20-16-11-13(22-25)9-10-17(16)21-19(24)15-8-4-7-14(18(15)23)12-5-2-1-3-6-12/h1-11,23H,(H,21,24). The molecule has 0 aromatic heterocycles. The van der Waals surface area contributed by atoms with Crippen molar-refractivity contribution >= 4 is 28.9 Å². The minimum Gasteiger partial charge on any atom is -0.506 e. The molecular formula is C19H13ClN2O3. The first-order valence-electron chi connectivity index (χ1n) is 7.42. The number of halogens is 1. The van der Waals surface area contributed by atoms with E-state index >= 15 is 0 Å². The van der Waals surface area contributed by atoms with Crippen LogP contribution in [0, 0.1) is 4.91 Å². The summed E-state index contributed by atoms with van der Waals surface area (Å²) in [5, 5.41) is 16.1. The average molecular weight is 353 g/mol. The number of carbonyl (C=O) groups excluding carboxylic acids is 1. The quantitative estimate of drug-likeness (QED) is 0.620. The number of aromatic hydroxyl groups is 1. The van der Waals surface area contributed by atoms with E-state index in [9.17, 15) is 14.8 Å². The molecule has 3 aromatic rings. The molecule has 0 saturated heterocycles. The summed E-state index contributed by atoms with van der Waals surface area (Å²) in [4.78, 5) is 23.0. The third-order valence-electron chi connectivity index (χ3n) is 3.67. The summed E-state index contributed by atoms with van der Waals surface area (Å²) in [5.41, 5.74) is 1.96. The van der Waals surface area contributed by atoms with Gasteiger partial charge in [0.2, 0.25) is 0 Å². The van der Waals surface area contributed by atoms with Gasteiger partial charge in [0.25, 0.3) is 5.91 Å². The van der Waals surface area contributed by atoms with E-state index in [1.165, 1.54) is 24.3 Å². The highest BCUT2D eigenvalue weighted by Crippen LogP contribution is 2.33. The van der Waals surface area contributed by atoms with Crippen LogP contribution in [0.1, 0.15) is 10.4 Å². The second-order valence-electron chi connectivity index (χ2n) is 5.28. The van der Waals surface area contributed by atoms with Crippen LogP contribution in [-0.2, 0) is 0 Å². The van der Waals surface area contributed by atoms with Crippen molar-refractivity contribution in [1.82, 2.24) is 0 Å². The summed E-state index contributed by atoms with van der Waals surface area (Å²) in [6, 6.07) is 18.5. The van der Waals surface area contributed by atoms with Crippen LogP contribution in [0.4, 0.5) is 11.4 Å². The lowest BCUT2D eigenvalue weighted by atomic mass is 10.0. The van der Waals surface area contributed by atoms with E-state index in [0.29, 0.717) is 11.3 Å². The van der Waals surface area contributed by atoms with E-state index in [-0.39, 0.29) is 22.0 Å². The molecule has 6 heteroatoms. The molecule has 0 atom stereocenters. The normalized spacial score (nSPS) is 10.3. The lowest BCUT2D eigenvalue weighted by Crippen LogP contribution is -2.12. The van der Waals surface area contributed by atoms with Gasteiger partial charge < -0.3 is 10.4 Å². The van der Waals surface area contributed by atoms with Crippen LogP contribution >= 0.6 is 11.6 Å². The summed E-state index contributed by atoms with van der Waals surface area (Å²) in [6.07, 6.45) is 0. The van der Waals surface area contributed by atoms with E-state index in [1.807, 2.05) is 30.3 Å². The molecule has 0 fully saturated rings. The van der Waals surface area contributed by atoms with Crippen LogP contribution < -0.4 is 5.32 Å². The highest BCUT2D eigenvalue weighted by molar-refractivity contribution is 6.34. The van der Waals surface area contributed by atoms with Gasteiger partial charge in [0, 0.05) is 5.56 Å². The minimum absolute atomic E-state index is 0.117. The van der Waals surface area contributed by atoms with Gasteiger partial charge in [-0.15, -0.1) is 4.91 Å². The molecule has 3 aromatic carbocycles. The number of para-hydroxylation sites is 1. The number of hydrogen-bond donors (Lipinski definition) is 2. The number of nitrogens with zero attached hydrogens (tertiary/aromatic N) is 1. The number of nitroso groups, excluding NO2 is 1. The maximum Gasteiger partial charge on any atom is 0.259 e. The van der Waals surface area contributed by atoms with Gasteiger partial charge in [0.15, 0.2) is 0 Å². The fourth-order valence-electron chi connectivity index (χ4n) is 2.43. The predicted octanol–water partition coefficient (Wildman–Crippen LogP) is 5.36. The van der Waals surface area contributed by atoms with Crippen LogP contribution in [0.3, 0.4) is 0 Å². The zero-order chi connectivity index (χ0) is 17.8. The number of amides is 1. The molecule has 124 valence electrons. The van der Waals surface area contributed by atoms with Crippen molar-refractivity contribution < 1.29 is 9.90 Å². The first kappa shape index (κ1) is 16.7. The van der Waals surface area contributed by atoms with Gasteiger partial charge in [-0.3, -0.25) is 4.79 Å². The molecule has 5 nitrogen and oxygen atoms in total. The molecule has 1 amide bonds. The van der Waals surface area contributed by atoms with Crippen LogP contribution in [0.2, 0.25) is 5.02 Å². The van der Waals surface area contributed by atoms with Crippen molar-refractivity contribution in [3.8, 4) is 16.9 Å². The number of hydrogen-bond acceptors (Lipinski definition) is 4. The Bertz CT molecular complexity index is 943. The Kier molecular flexibility index (Phi) is 4.77. The Morgan fingerprint density at radius 2 is 1.76 bits per heavy atom. The van der Waals surface area contributed by atoms with Gasteiger partial charge in [0.1, 0.15) is 11.4 Å². The van der Waals surface area contributed by atoms with E-state index in [2.05, 4.69) is 10.5 Å². The first-order chi connectivity index (χ1) is 12.1. The molecule has 0 bridgehead atoms. The van der Waals surface area contributed by atoms with Gasteiger partial charge in [-0.2, -0.15) is 0 Å². The molecule has 0 aliphatic rings. The fourth-order valence-corrected chi connectivity index (χ4v) is 2.65. The zero-order valence-corrected chi connectivity index (χ0v) is 13.7. The van der Waals surface area contributed by atoms with Crippen molar-refractivity contribution in [2.24, 2.45) is 5.18 Å². The maximum atomic E-state index is 12.5.